The first-order valence-electron chi connectivity index (χ1n) is 10.1. The number of ether oxygens (including phenoxy) is 1. The molecule has 1 aliphatic rings. The van der Waals surface area contributed by atoms with Gasteiger partial charge < -0.3 is 14.7 Å². The van der Waals surface area contributed by atoms with Crippen LogP contribution < -0.4 is 9.64 Å². The van der Waals surface area contributed by atoms with Crippen molar-refractivity contribution in [3.05, 3.63) is 59.9 Å². The third kappa shape index (κ3) is 4.94. The summed E-state index contributed by atoms with van der Waals surface area (Å²) < 4.78 is 20.6. The number of aliphatic hydroxyl groups excluding tert-OH is 1. The van der Waals surface area contributed by atoms with Gasteiger partial charge in [0, 0.05) is 18.8 Å². The molecule has 1 aliphatic heterocycles. The summed E-state index contributed by atoms with van der Waals surface area (Å²) in [5, 5.41) is 19.9. The van der Waals surface area contributed by atoms with Crippen molar-refractivity contribution in [3.8, 4) is 11.4 Å². The predicted molar refractivity (Wildman–Crippen MR) is 116 cm³/mol. The Hall–Kier alpha value is -2.58. The molecule has 1 aromatic heterocycles. The van der Waals surface area contributed by atoms with E-state index in [9.17, 15) is 9.50 Å². The van der Waals surface area contributed by atoms with Crippen LogP contribution >= 0.6 is 11.8 Å². The lowest BCUT2D eigenvalue weighted by atomic mass is 10.2. The minimum atomic E-state index is -0.696. The van der Waals surface area contributed by atoms with Gasteiger partial charge in [-0.25, -0.2) is 4.39 Å². The molecule has 0 bridgehead atoms. The van der Waals surface area contributed by atoms with Crippen LogP contribution in [0.15, 0.2) is 53.7 Å². The summed E-state index contributed by atoms with van der Waals surface area (Å²) in [6.07, 6.45) is 1.61. The summed E-state index contributed by atoms with van der Waals surface area (Å²) in [6, 6.07) is 14.0. The van der Waals surface area contributed by atoms with E-state index >= 15 is 0 Å². The van der Waals surface area contributed by atoms with Crippen LogP contribution in [0.1, 0.15) is 18.4 Å². The van der Waals surface area contributed by atoms with E-state index in [1.807, 2.05) is 0 Å². The minimum absolute atomic E-state index is 0.121. The van der Waals surface area contributed by atoms with Gasteiger partial charge in [-0.1, -0.05) is 29.5 Å². The number of benzene rings is 2. The van der Waals surface area contributed by atoms with Crippen LogP contribution in [0.3, 0.4) is 0 Å². The Morgan fingerprint density at radius 3 is 2.47 bits per heavy atom. The van der Waals surface area contributed by atoms with E-state index in [4.69, 9.17) is 4.74 Å². The zero-order valence-corrected chi connectivity index (χ0v) is 17.7. The Morgan fingerprint density at radius 1 is 1.07 bits per heavy atom. The van der Waals surface area contributed by atoms with Gasteiger partial charge in [0.05, 0.1) is 11.8 Å². The molecular weight excluding hydrogens is 403 g/mol. The summed E-state index contributed by atoms with van der Waals surface area (Å²) in [4.78, 5) is 2.25. The second-order valence-corrected chi connectivity index (χ2v) is 8.36. The van der Waals surface area contributed by atoms with Gasteiger partial charge in [0.2, 0.25) is 5.95 Å². The summed E-state index contributed by atoms with van der Waals surface area (Å²) in [7, 11) is 0. The Balaban J connectivity index is 1.45. The largest absolute Gasteiger partial charge is 0.491 e. The number of rotatable bonds is 8. The highest BCUT2D eigenvalue weighted by Gasteiger charge is 2.23. The van der Waals surface area contributed by atoms with E-state index in [1.54, 1.807) is 12.1 Å². The molecule has 0 saturated carbocycles. The quantitative estimate of drug-likeness (QED) is 0.550. The molecule has 4 rings (SSSR count). The highest BCUT2D eigenvalue weighted by atomic mass is 32.2. The van der Waals surface area contributed by atoms with Gasteiger partial charge in [-0.3, -0.25) is 4.57 Å². The predicted octanol–water partition coefficient (Wildman–Crippen LogP) is 3.85. The van der Waals surface area contributed by atoms with E-state index < -0.39 is 6.10 Å². The fraction of sp³-hybridized carbons (Fsp3) is 0.364. The second-order valence-electron chi connectivity index (χ2n) is 7.38. The lowest BCUT2D eigenvalue weighted by Crippen LogP contribution is -2.22. The number of hydrogen-bond donors (Lipinski definition) is 1. The van der Waals surface area contributed by atoms with Crippen molar-refractivity contribution < 1.29 is 14.2 Å². The molecule has 1 N–H and O–H groups in total. The Labute approximate surface area is 179 Å². The molecule has 1 fully saturated rings. The van der Waals surface area contributed by atoms with Gasteiger partial charge in [-0.05, 0) is 56.2 Å². The molecule has 2 heterocycles. The van der Waals surface area contributed by atoms with Crippen LogP contribution in [0.25, 0.3) is 5.69 Å². The number of aliphatic hydroxyl groups is 1. The third-order valence-electron chi connectivity index (χ3n) is 4.96. The number of thioether (sulfide) groups is 1. The van der Waals surface area contributed by atoms with Crippen LogP contribution in [0.5, 0.6) is 5.75 Å². The topological polar surface area (TPSA) is 63.4 Å². The van der Waals surface area contributed by atoms with Crippen molar-refractivity contribution in [2.24, 2.45) is 0 Å². The molecule has 1 atom stereocenters. The first kappa shape index (κ1) is 20.7. The molecule has 6 nitrogen and oxygen atoms in total. The first-order chi connectivity index (χ1) is 14.6. The maximum Gasteiger partial charge on any atom is 0.232 e. The Kier molecular flexibility index (Phi) is 6.54. The Bertz CT molecular complexity index is 956. The maximum atomic E-state index is 13.0. The van der Waals surface area contributed by atoms with Crippen molar-refractivity contribution in [1.82, 2.24) is 14.8 Å². The number of aryl methyl sites for hydroxylation is 1. The van der Waals surface area contributed by atoms with Gasteiger partial charge in [0.1, 0.15) is 18.2 Å². The smallest absolute Gasteiger partial charge is 0.232 e. The van der Waals surface area contributed by atoms with Gasteiger partial charge in [-0.2, -0.15) is 0 Å². The van der Waals surface area contributed by atoms with Crippen LogP contribution in [0.2, 0.25) is 0 Å². The second kappa shape index (κ2) is 9.49. The normalized spacial score (nSPS) is 14.8. The molecule has 1 saturated heterocycles. The molecule has 0 unspecified atom stereocenters. The van der Waals surface area contributed by atoms with E-state index in [2.05, 4.69) is 50.9 Å². The van der Waals surface area contributed by atoms with Gasteiger partial charge in [0.15, 0.2) is 5.16 Å². The van der Waals surface area contributed by atoms with Crippen molar-refractivity contribution in [3.63, 3.8) is 0 Å². The number of anilines is 1. The van der Waals surface area contributed by atoms with E-state index in [0.29, 0.717) is 11.5 Å². The lowest BCUT2D eigenvalue weighted by Gasteiger charge is -2.19. The summed E-state index contributed by atoms with van der Waals surface area (Å²) in [5.41, 5.74) is 2.20. The van der Waals surface area contributed by atoms with E-state index in [-0.39, 0.29) is 12.4 Å². The monoisotopic (exact) mass is 428 g/mol. The molecule has 0 aliphatic carbocycles. The molecule has 0 amide bonds. The fourth-order valence-electron chi connectivity index (χ4n) is 3.34. The summed E-state index contributed by atoms with van der Waals surface area (Å²) in [6.45, 7) is 4.13. The van der Waals surface area contributed by atoms with Crippen LogP contribution in [-0.2, 0) is 0 Å². The van der Waals surface area contributed by atoms with Crippen molar-refractivity contribution in [2.75, 3.05) is 30.3 Å². The molecule has 0 spiro atoms. The van der Waals surface area contributed by atoms with Crippen molar-refractivity contribution >= 4 is 17.7 Å². The van der Waals surface area contributed by atoms with Gasteiger partial charge in [0.25, 0.3) is 0 Å². The molecule has 0 radical (unpaired) electrons. The molecule has 158 valence electrons. The fourth-order valence-corrected chi connectivity index (χ4v) is 4.19. The highest BCUT2D eigenvalue weighted by Crippen LogP contribution is 2.29. The van der Waals surface area contributed by atoms with E-state index in [1.165, 1.54) is 29.5 Å². The Morgan fingerprint density at radius 2 is 1.77 bits per heavy atom. The average molecular weight is 429 g/mol. The zero-order chi connectivity index (χ0) is 20.9. The number of nitrogens with zero attached hydrogens (tertiary/aromatic N) is 4. The SMILES string of the molecule is Cc1ccc(-n2c(SC[C@H](O)COc3ccc(F)cc3)nnc2N2CCCC2)cc1. The van der Waals surface area contributed by atoms with Crippen molar-refractivity contribution in [1.29, 1.82) is 0 Å². The highest BCUT2D eigenvalue weighted by molar-refractivity contribution is 7.99. The molecule has 2 aromatic carbocycles. The molecular formula is C22H25FN4O2S. The number of halogens is 1. The number of hydrogen-bond acceptors (Lipinski definition) is 6. The zero-order valence-electron chi connectivity index (χ0n) is 16.9. The summed E-state index contributed by atoms with van der Waals surface area (Å²) >= 11 is 1.44. The van der Waals surface area contributed by atoms with Crippen LogP contribution in [-0.4, -0.2) is 51.4 Å². The molecule has 3 aromatic rings. The molecule has 30 heavy (non-hydrogen) atoms. The standard InChI is InChI=1S/C22H25FN4O2S/c1-16-4-8-18(9-5-16)27-21(26-12-2-3-13-26)24-25-22(27)30-15-19(28)14-29-20-10-6-17(23)7-11-20/h4-11,19,28H,2-3,12-15H2,1H3/t19-/m1/s1. The van der Waals surface area contributed by atoms with Crippen LogP contribution in [0.4, 0.5) is 10.3 Å². The maximum absolute atomic E-state index is 13.0. The third-order valence-corrected chi connectivity index (χ3v) is 6.03. The first-order valence-corrected chi connectivity index (χ1v) is 11.1. The molecule has 8 heteroatoms. The summed E-state index contributed by atoms with van der Waals surface area (Å²) in [5.74, 6) is 1.46. The van der Waals surface area contributed by atoms with Gasteiger partial charge in [-0.15, -0.1) is 10.2 Å². The average Bonchev–Trinajstić information content (AvgIpc) is 3.42. The minimum Gasteiger partial charge on any atom is -0.491 e. The van der Waals surface area contributed by atoms with E-state index in [0.717, 1.165) is 42.7 Å². The van der Waals surface area contributed by atoms with Gasteiger partial charge >= 0.3 is 0 Å². The number of aromatic nitrogens is 3. The lowest BCUT2D eigenvalue weighted by molar-refractivity contribution is 0.126. The van der Waals surface area contributed by atoms with Crippen molar-refractivity contribution in [2.45, 2.75) is 31.0 Å². The van der Waals surface area contributed by atoms with Crippen LogP contribution in [0, 0.1) is 12.7 Å².